The number of hydrogen-bond donors (Lipinski definition) is 1. The summed E-state index contributed by atoms with van der Waals surface area (Å²) in [7, 11) is 0. The minimum absolute atomic E-state index is 0.0981. The van der Waals surface area contributed by atoms with Crippen LogP contribution in [0.3, 0.4) is 0 Å². The minimum atomic E-state index is -0.222. The van der Waals surface area contributed by atoms with Gasteiger partial charge in [0.1, 0.15) is 0 Å². The largest absolute Gasteiger partial charge is 0.322 e. The van der Waals surface area contributed by atoms with Crippen molar-refractivity contribution in [1.29, 1.82) is 0 Å². The average Bonchev–Trinajstić information content (AvgIpc) is 3.39. The fourth-order valence-electron chi connectivity index (χ4n) is 5.44. The van der Waals surface area contributed by atoms with E-state index in [1.165, 1.54) is 10.5 Å². The highest BCUT2D eigenvalue weighted by molar-refractivity contribution is 6.23. The second-order valence-electron chi connectivity index (χ2n) is 8.49. The number of fused-ring (bicyclic) bond motifs is 5. The molecule has 2 bridgehead atoms. The molecule has 1 heterocycles. The van der Waals surface area contributed by atoms with E-state index in [0.29, 0.717) is 11.3 Å². The van der Waals surface area contributed by atoms with Crippen molar-refractivity contribution in [3.05, 3.63) is 71.3 Å². The normalized spacial score (nSPS) is 26.7. The van der Waals surface area contributed by atoms with Crippen molar-refractivity contribution in [2.24, 2.45) is 23.7 Å². The van der Waals surface area contributed by atoms with Crippen LogP contribution in [0.5, 0.6) is 0 Å². The summed E-state index contributed by atoms with van der Waals surface area (Å²) in [4.78, 5) is 40.1. The first-order valence-electron chi connectivity index (χ1n) is 10.5. The van der Waals surface area contributed by atoms with E-state index in [9.17, 15) is 14.4 Å². The van der Waals surface area contributed by atoms with Gasteiger partial charge in [0.05, 0.1) is 17.5 Å². The Balaban J connectivity index is 1.35. The average molecular weight is 400 g/mol. The number of anilines is 2. The van der Waals surface area contributed by atoms with Gasteiger partial charge >= 0.3 is 0 Å². The summed E-state index contributed by atoms with van der Waals surface area (Å²) in [5, 5.41) is 2.95. The summed E-state index contributed by atoms with van der Waals surface area (Å²) in [6.45, 7) is 4.10. The van der Waals surface area contributed by atoms with Crippen molar-refractivity contribution in [3.63, 3.8) is 0 Å². The Bertz CT molecular complexity index is 1090. The van der Waals surface area contributed by atoms with Crippen molar-refractivity contribution in [2.75, 3.05) is 10.2 Å². The summed E-state index contributed by atoms with van der Waals surface area (Å²) >= 11 is 0. The highest BCUT2D eigenvalue weighted by Crippen LogP contribution is 2.55. The van der Waals surface area contributed by atoms with Crippen LogP contribution in [-0.4, -0.2) is 17.7 Å². The molecule has 1 saturated heterocycles. The number of rotatable bonds is 4. The fraction of sp³-hybridized carbons (Fsp3) is 0.320. The van der Waals surface area contributed by atoms with E-state index in [4.69, 9.17) is 0 Å². The van der Waals surface area contributed by atoms with Crippen molar-refractivity contribution in [1.82, 2.24) is 0 Å². The van der Waals surface area contributed by atoms with Crippen LogP contribution in [0, 0.1) is 23.7 Å². The van der Waals surface area contributed by atoms with Crippen LogP contribution in [0.2, 0.25) is 0 Å². The lowest BCUT2D eigenvalue weighted by molar-refractivity contribution is -0.123. The van der Waals surface area contributed by atoms with E-state index in [1.54, 1.807) is 24.3 Å². The number of nitrogens with one attached hydrogen (secondary N) is 1. The second kappa shape index (κ2) is 6.94. The van der Waals surface area contributed by atoms with Crippen molar-refractivity contribution in [2.45, 2.75) is 26.7 Å². The predicted molar refractivity (Wildman–Crippen MR) is 115 cm³/mol. The number of imide groups is 1. The monoisotopic (exact) mass is 400 g/mol. The van der Waals surface area contributed by atoms with Gasteiger partial charge < -0.3 is 5.32 Å². The molecule has 152 valence electrons. The maximum absolute atomic E-state index is 13.1. The molecule has 3 amide bonds. The van der Waals surface area contributed by atoms with Crippen LogP contribution in [0.15, 0.2) is 60.2 Å². The van der Waals surface area contributed by atoms with Gasteiger partial charge in [0.25, 0.3) is 5.91 Å². The third-order valence-corrected chi connectivity index (χ3v) is 6.91. The molecule has 3 aliphatic rings. The van der Waals surface area contributed by atoms with Crippen LogP contribution in [-0.2, 0) is 16.0 Å². The number of nitrogens with zero attached hydrogens (tertiary/aromatic N) is 1. The summed E-state index contributed by atoms with van der Waals surface area (Å²) in [5.74, 6) is -0.471. The van der Waals surface area contributed by atoms with Gasteiger partial charge in [-0.05, 0) is 67.5 Å². The third kappa shape index (κ3) is 2.72. The van der Waals surface area contributed by atoms with Crippen LogP contribution in [0.4, 0.5) is 11.4 Å². The van der Waals surface area contributed by atoms with Gasteiger partial charge in [-0.1, -0.05) is 36.8 Å². The Kier molecular flexibility index (Phi) is 4.35. The third-order valence-electron chi connectivity index (χ3n) is 6.91. The Hall–Kier alpha value is -3.21. The first-order valence-corrected chi connectivity index (χ1v) is 10.5. The van der Waals surface area contributed by atoms with Gasteiger partial charge in [0.15, 0.2) is 0 Å². The molecule has 1 aliphatic heterocycles. The molecule has 0 unspecified atom stereocenters. The molecule has 1 N–H and O–H groups in total. The molecule has 5 nitrogen and oxygen atoms in total. The molecule has 2 aromatic rings. The number of aryl methyl sites for hydroxylation is 1. The predicted octanol–water partition coefficient (Wildman–Crippen LogP) is 4.20. The van der Waals surface area contributed by atoms with E-state index in [0.717, 1.165) is 24.1 Å². The van der Waals surface area contributed by atoms with Crippen molar-refractivity contribution >= 4 is 29.1 Å². The molecule has 2 aliphatic carbocycles. The lowest BCUT2D eigenvalue weighted by atomic mass is 9.82. The maximum atomic E-state index is 13.1. The topological polar surface area (TPSA) is 66.5 Å². The molecule has 0 spiro atoms. The van der Waals surface area contributed by atoms with Crippen LogP contribution in [0.25, 0.3) is 0 Å². The smallest absolute Gasteiger partial charge is 0.255 e. The SMILES string of the molecule is CCc1ccccc1NC(=O)c1ccc(N2C(=O)[C@@H]3[C@@H](C2=O)[C@@H]2C[C@H]3C=C2C)cc1. The van der Waals surface area contributed by atoms with Crippen LogP contribution >= 0.6 is 0 Å². The number of allylic oxidation sites excluding steroid dienone is 2. The molecule has 0 aromatic heterocycles. The highest BCUT2D eigenvalue weighted by atomic mass is 16.2. The summed E-state index contributed by atoms with van der Waals surface area (Å²) in [6.07, 6.45) is 3.92. The fourth-order valence-corrected chi connectivity index (χ4v) is 5.44. The van der Waals surface area contributed by atoms with Crippen LogP contribution < -0.4 is 10.2 Å². The Morgan fingerprint density at radius 1 is 1.03 bits per heavy atom. The van der Waals surface area contributed by atoms with Gasteiger partial charge in [0, 0.05) is 11.3 Å². The molecule has 1 saturated carbocycles. The van der Waals surface area contributed by atoms with Gasteiger partial charge in [-0.3, -0.25) is 19.3 Å². The van der Waals surface area contributed by atoms with E-state index < -0.39 is 0 Å². The second-order valence-corrected chi connectivity index (χ2v) is 8.49. The molecule has 2 fully saturated rings. The molecule has 2 aromatic carbocycles. The molecule has 0 radical (unpaired) electrons. The number of benzene rings is 2. The number of carbonyl (C=O) groups is 3. The first kappa shape index (κ1) is 18.8. The molecule has 4 atom stereocenters. The lowest BCUT2D eigenvalue weighted by Gasteiger charge is -2.19. The summed E-state index contributed by atoms with van der Waals surface area (Å²) < 4.78 is 0. The van der Waals surface area contributed by atoms with Gasteiger partial charge in [-0.25, -0.2) is 0 Å². The molecular weight excluding hydrogens is 376 g/mol. The molecular formula is C25H24N2O3. The van der Waals surface area contributed by atoms with Gasteiger partial charge in [-0.15, -0.1) is 0 Å². The van der Waals surface area contributed by atoms with Crippen molar-refractivity contribution < 1.29 is 14.4 Å². The van der Waals surface area contributed by atoms with Crippen molar-refractivity contribution in [3.8, 4) is 0 Å². The van der Waals surface area contributed by atoms with E-state index in [1.807, 2.05) is 31.2 Å². The Morgan fingerprint density at radius 3 is 2.47 bits per heavy atom. The van der Waals surface area contributed by atoms with Gasteiger partial charge in [-0.2, -0.15) is 0 Å². The Morgan fingerprint density at radius 2 is 1.73 bits per heavy atom. The maximum Gasteiger partial charge on any atom is 0.255 e. The molecule has 5 heteroatoms. The first-order chi connectivity index (χ1) is 14.5. The lowest BCUT2D eigenvalue weighted by Crippen LogP contribution is -2.33. The number of carbonyl (C=O) groups excluding carboxylic acids is 3. The Labute approximate surface area is 175 Å². The number of para-hydroxylation sites is 1. The summed E-state index contributed by atoms with van der Waals surface area (Å²) in [6, 6.07) is 14.5. The standard InChI is InChI=1S/C25H24N2O3/c1-3-15-6-4-5-7-20(15)26-23(28)16-8-10-18(11-9-16)27-24(29)21-17-12-14(2)19(13-17)22(21)25(27)30/h4-12,17,19,21-22H,3,13H2,1-2H3,(H,26,28)/t17-,19-,21+,22+/m1/s1. The number of amides is 3. The summed E-state index contributed by atoms with van der Waals surface area (Å²) in [5.41, 5.74) is 4.14. The minimum Gasteiger partial charge on any atom is -0.322 e. The zero-order valence-corrected chi connectivity index (χ0v) is 17.1. The number of hydrogen-bond acceptors (Lipinski definition) is 3. The van der Waals surface area contributed by atoms with E-state index in [-0.39, 0.29) is 41.4 Å². The zero-order valence-electron chi connectivity index (χ0n) is 17.1. The van der Waals surface area contributed by atoms with E-state index in [2.05, 4.69) is 18.3 Å². The van der Waals surface area contributed by atoms with Gasteiger partial charge in [0.2, 0.25) is 11.8 Å². The molecule has 30 heavy (non-hydrogen) atoms. The molecule has 5 rings (SSSR count). The zero-order chi connectivity index (χ0) is 21.0. The van der Waals surface area contributed by atoms with Crippen LogP contribution in [0.1, 0.15) is 36.2 Å². The quantitative estimate of drug-likeness (QED) is 0.618. The van der Waals surface area contributed by atoms with E-state index >= 15 is 0 Å². The highest BCUT2D eigenvalue weighted by Gasteiger charge is 2.60.